The topological polar surface area (TPSA) is 12.9 Å². The molecular formula is C16H24BrN. The Bertz CT molecular complexity index is 330. The second kappa shape index (κ2) is 7.28. The fraction of sp³-hybridized carbons (Fsp3) is 0.688. The molecule has 1 aliphatic carbocycles. The number of pyridine rings is 1. The molecule has 1 nitrogen and oxygen atoms in total. The second-order valence-corrected chi connectivity index (χ2v) is 6.83. The van der Waals surface area contributed by atoms with Crippen LogP contribution in [-0.4, -0.2) is 9.81 Å². The summed E-state index contributed by atoms with van der Waals surface area (Å²) in [5, 5.41) is 0. The van der Waals surface area contributed by atoms with Gasteiger partial charge in [0.2, 0.25) is 0 Å². The highest BCUT2D eigenvalue weighted by molar-refractivity contribution is 9.09. The molecule has 0 saturated heterocycles. The molecule has 2 unspecified atom stereocenters. The van der Waals surface area contributed by atoms with Crippen molar-refractivity contribution in [2.75, 3.05) is 0 Å². The second-order valence-electron chi connectivity index (χ2n) is 5.65. The van der Waals surface area contributed by atoms with E-state index >= 15 is 0 Å². The zero-order valence-electron chi connectivity index (χ0n) is 11.3. The summed E-state index contributed by atoms with van der Waals surface area (Å²) < 4.78 is 0. The number of rotatable bonds is 4. The predicted octanol–water partition coefficient (Wildman–Crippen LogP) is 5.31. The molecule has 2 rings (SSSR count). The minimum atomic E-state index is 0.509. The summed E-state index contributed by atoms with van der Waals surface area (Å²) in [6.07, 6.45) is 11.8. The number of alkyl halides is 1. The average Bonchev–Trinajstić information content (AvgIpc) is 2.67. The van der Waals surface area contributed by atoms with E-state index in [0.29, 0.717) is 10.7 Å². The van der Waals surface area contributed by atoms with E-state index < -0.39 is 0 Å². The molecule has 1 aliphatic rings. The van der Waals surface area contributed by atoms with Crippen molar-refractivity contribution in [1.29, 1.82) is 0 Å². The summed E-state index contributed by atoms with van der Waals surface area (Å²) in [6, 6.07) is 6.22. The van der Waals surface area contributed by atoms with Crippen LogP contribution in [0.5, 0.6) is 0 Å². The van der Waals surface area contributed by atoms with Crippen LogP contribution in [0.15, 0.2) is 24.4 Å². The van der Waals surface area contributed by atoms with Gasteiger partial charge < -0.3 is 0 Å². The molecule has 0 amide bonds. The summed E-state index contributed by atoms with van der Waals surface area (Å²) in [7, 11) is 0. The summed E-state index contributed by atoms with van der Waals surface area (Å²) in [6.45, 7) is 2.29. The Labute approximate surface area is 120 Å². The largest absolute Gasteiger partial charge is 0.261 e. The maximum Gasteiger partial charge on any atom is 0.0442 e. The van der Waals surface area contributed by atoms with Gasteiger partial charge in [-0.2, -0.15) is 0 Å². The lowest BCUT2D eigenvalue weighted by Gasteiger charge is -2.23. The van der Waals surface area contributed by atoms with Gasteiger partial charge in [0.25, 0.3) is 0 Å². The molecule has 0 spiro atoms. The van der Waals surface area contributed by atoms with E-state index in [4.69, 9.17) is 0 Å². The highest BCUT2D eigenvalue weighted by atomic mass is 79.9. The fourth-order valence-corrected chi connectivity index (χ4v) is 3.75. The maximum atomic E-state index is 4.48. The van der Waals surface area contributed by atoms with Crippen molar-refractivity contribution in [3.8, 4) is 0 Å². The maximum absolute atomic E-state index is 4.48. The lowest BCUT2D eigenvalue weighted by atomic mass is 9.90. The molecule has 0 aliphatic heterocycles. The van der Waals surface area contributed by atoms with Crippen molar-refractivity contribution in [2.24, 2.45) is 5.92 Å². The summed E-state index contributed by atoms with van der Waals surface area (Å²) in [4.78, 5) is 5.05. The molecular weight excluding hydrogens is 286 g/mol. The molecule has 1 heterocycles. The van der Waals surface area contributed by atoms with Crippen molar-refractivity contribution in [3.05, 3.63) is 30.1 Å². The number of nitrogens with zero attached hydrogens (tertiary/aromatic N) is 1. The van der Waals surface area contributed by atoms with Crippen LogP contribution in [0.3, 0.4) is 0 Å². The molecule has 0 bridgehead atoms. The number of hydrogen-bond acceptors (Lipinski definition) is 1. The first-order valence-corrected chi connectivity index (χ1v) is 8.24. The third-order valence-electron chi connectivity index (χ3n) is 4.23. The van der Waals surface area contributed by atoms with Crippen LogP contribution in [-0.2, 0) is 0 Å². The summed E-state index contributed by atoms with van der Waals surface area (Å²) in [5.74, 6) is 1.43. The zero-order chi connectivity index (χ0) is 12.8. The minimum absolute atomic E-state index is 0.509. The van der Waals surface area contributed by atoms with Gasteiger partial charge in [-0.25, -0.2) is 0 Å². The van der Waals surface area contributed by atoms with Crippen LogP contribution < -0.4 is 0 Å². The number of aromatic nitrogens is 1. The highest BCUT2D eigenvalue weighted by Gasteiger charge is 2.22. The van der Waals surface area contributed by atoms with E-state index in [2.05, 4.69) is 40.0 Å². The van der Waals surface area contributed by atoms with Crippen LogP contribution >= 0.6 is 15.9 Å². The van der Waals surface area contributed by atoms with Crippen LogP contribution in [0.25, 0.3) is 0 Å². The Morgan fingerprint density at radius 2 is 1.94 bits per heavy atom. The Morgan fingerprint density at radius 3 is 2.56 bits per heavy atom. The molecule has 1 aromatic rings. The predicted molar refractivity (Wildman–Crippen MR) is 81.2 cm³/mol. The van der Waals surface area contributed by atoms with Crippen LogP contribution in [0.1, 0.15) is 63.5 Å². The Hall–Kier alpha value is -0.370. The van der Waals surface area contributed by atoms with E-state index in [1.165, 1.54) is 50.6 Å². The van der Waals surface area contributed by atoms with Crippen LogP contribution in [0, 0.1) is 5.92 Å². The monoisotopic (exact) mass is 309 g/mol. The quantitative estimate of drug-likeness (QED) is 0.542. The van der Waals surface area contributed by atoms with Crippen LogP contribution in [0.2, 0.25) is 0 Å². The van der Waals surface area contributed by atoms with Gasteiger partial charge in [-0.1, -0.05) is 67.4 Å². The van der Waals surface area contributed by atoms with Crippen molar-refractivity contribution in [1.82, 2.24) is 4.98 Å². The molecule has 18 heavy (non-hydrogen) atoms. The van der Waals surface area contributed by atoms with Gasteiger partial charge in [0, 0.05) is 22.6 Å². The average molecular weight is 310 g/mol. The normalized spacial score (nSPS) is 21.2. The fourth-order valence-electron chi connectivity index (χ4n) is 2.95. The Balaban J connectivity index is 1.88. The van der Waals surface area contributed by atoms with Gasteiger partial charge in [0.05, 0.1) is 0 Å². The Kier molecular flexibility index (Phi) is 5.68. The third-order valence-corrected chi connectivity index (χ3v) is 5.40. The van der Waals surface area contributed by atoms with Gasteiger partial charge in [-0.05, 0) is 24.5 Å². The summed E-state index contributed by atoms with van der Waals surface area (Å²) in [5.41, 5.74) is 1.22. The first-order valence-electron chi connectivity index (χ1n) is 7.32. The Morgan fingerprint density at radius 1 is 1.22 bits per heavy atom. The smallest absolute Gasteiger partial charge is 0.0442 e. The van der Waals surface area contributed by atoms with Gasteiger partial charge >= 0.3 is 0 Å². The molecule has 0 aromatic carbocycles. The van der Waals surface area contributed by atoms with Gasteiger partial charge in [-0.3, -0.25) is 4.98 Å². The number of halogens is 1. The standard InChI is InChI=1S/C16H24BrN/c1-13(16-10-6-7-11-18-16)15(17)12-14-8-4-2-3-5-9-14/h6-7,10-11,13-15H,2-5,8-9,12H2,1H3. The molecule has 1 aromatic heterocycles. The van der Waals surface area contributed by atoms with Crippen molar-refractivity contribution in [2.45, 2.75) is 62.6 Å². The molecule has 2 heteroatoms. The summed E-state index contributed by atoms with van der Waals surface area (Å²) >= 11 is 3.90. The van der Waals surface area contributed by atoms with E-state index in [9.17, 15) is 0 Å². The van der Waals surface area contributed by atoms with E-state index in [1.807, 2.05) is 12.3 Å². The van der Waals surface area contributed by atoms with E-state index in [1.54, 1.807) is 0 Å². The minimum Gasteiger partial charge on any atom is -0.261 e. The lowest BCUT2D eigenvalue weighted by Crippen LogP contribution is -2.15. The van der Waals surface area contributed by atoms with Gasteiger partial charge in [0.15, 0.2) is 0 Å². The van der Waals surface area contributed by atoms with Crippen molar-refractivity contribution in [3.63, 3.8) is 0 Å². The SMILES string of the molecule is CC(c1ccccn1)C(Br)CC1CCCCCC1. The number of hydrogen-bond donors (Lipinski definition) is 0. The van der Waals surface area contributed by atoms with Gasteiger partial charge in [0.1, 0.15) is 0 Å². The van der Waals surface area contributed by atoms with Crippen molar-refractivity contribution >= 4 is 15.9 Å². The highest BCUT2D eigenvalue weighted by Crippen LogP contribution is 2.33. The van der Waals surface area contributed by atoms with Crippen LogP contribution in [0.4, 0.5) is 0 Å². The molecule has 1 fully saturated rings. The van der Waals surface area contributed by atoms with Gasteiger partial charge in [-0.15, -0.1) is 0 Å². The molecule has 0 N–H and O–H groups in total. The molecule has 0 radical (unpaired) electrons. The zero-order valence-corrected chi connectivity index (χ0v) is 12.9. The lowest BCUT2D eigenvalue weighted by molar-refractivity contribution is 0.409. The van der Waals surface area contributed by atoms with Crippen molar-refractivity contribution < 1.29 is 0 Å². The molecule has 100 valence electrons. The molecule has 1 saturated carbocycles. The van der Waals surface area contributed by atoms with E-state index in [0.717, 1.165) is 5.92 Å². The van der Waals surface area contributed by atoms with E-state index in [-0.39, 0.29) is 0 Å². The first-order chi connectivity index (χ1) is 8.77. The molecule has 2 atom stereocenters. The third kappa shape index (κ3) is 4.08. The first kappa shape index (κ1) is 14.0.